The van der Waals surface area contributed by atoms with E-state index in [1.807, 2.05) is 43.0 Å². The Hall–Kier alpha value is -3.02. The topological polar surface area (TPSA) is 72.3 Å². The third-order valence-electron chi connectivity index (χ3n) is 4.41. The lowest BCUT2D eigenvalue weighted by molar-refractivity contribution is 0.636. The Bertz CT molecular complexity index is 964. The van der Waals surface area contributed by atoms with Gasteiger partial charge in [0.05, 0.1) is 16.6 Å². The molecule has 0 saturated carbocycles. The average Bonchev–Trinajstić information content (AvgIpc) is 3.28. The lowest BCUT2D eigenvalue weighted by atomic mass is 10.2. The summed E-state index contributed by atoms with van der Waals surface area (Å²) in [6.45, 7) is 5.06. The number of aromatic amines is 1. The highest BCUT2D eigenvalue weighted by molar-refractivity contribution is 5.74. The zero-order valence-corrected chi connectivity index (χ0v) is 15.1. The molecule has 6 nitrogen and oxygen atoms in total. The van der Waals surface area contributed by atoms with Crippen LogP contribution >= 0.6 is 0 Å². The Morgan fingerprint density at radius 3 is 2.65 bits per heavy atom. The molecule has 4 rings (SSSR count). The molecule has 1 aromatic carbocycles. The number of fused-ring (bicyclic) bond motifs is 1. The second kappa shape index (κ2) is 7.07. The Balaban J connectivity index is 1.43. The molecule has 0 aliphatic rings. The first-order chi connectivity index (χ1) is 12.7. The number of nitrogens with zero attached hydrogens (tertiary/aromatic N) is 5. The second-order valence-electron chi connectivity index (χ2n) is 6.73. The first-order valence-corrected chi connectivity index (χ1v) is 8.98. The molecular formula is C20H22N6. The van der Waals surface area contributed by atoms with Crippen molar-refractivity contribution in [3.05, 3.63) is 60.7 Å². The largest absolute Gasteiger partial charge is 0.342 e. The van der Waals surface area contributed by atoms with E-state index in [1.165, 1.54) is 0 Å². The maximum Gasteiger partial charge on any atom is 0.143 e. The van der Waals surface area contributed by atoms with Crippen molar-refractivity contribution in [2.24, 2.45) is 0 Å². The third kappa shape index (κ3) is 3.35. The smallest absolute Gasteiger partial charge is 0.143 e. The molecule has 3 aromatic heterocycles. The van der Waals surface area contributed by atoms with Crippen LogP contribution in [0.3, 0.4) is 0 Å². The van der Waals surface area contributed by atoms with E-state index in [-0.39, 0.29) is 0 Å². The summed E-state index contributed by atoms with van der Waals surface area (Å²) in [5, 5.41) is 0. The van der Waals surface area contributed by atoms with Crippen LogP contribution in [-0.4, -0.2) is 29.5 Å². The van der Waals surface area contributed by atoms with Crippen LogP contribution in [0.2, 0.25) is 0 Å². The van der Waals surface area contributed by atoms with Crippen LogP contribution in [-0.2, 0) is 13.0 Å². The molecule has 0 fully saturated rings. The van der Waals surface area contributed by atoms with E-state index in [4.69, 9.17) is 0 Å². The summed E-state index contributed by atoms with van der Waals surface area (Å²) in [4.78, 5) is 21.4. The Kier molecular flexibility index (Phi) is 4.48. The first-order valence-electron chi connectivity index (χ1n) is 8.98. The monoisotopic (exact) mass is 346 g/mol. The molecule has 0 aliphatic carbocycles. The lowest BCUT2D eigenvalue weighted by Gasteiger charge is -2.08. The average molecular weight is 346 g/mol. The van der Waals surface area contributed by atoms with Gasteiger partial charge in [-0.2, -0.15) is 0 Å². The highest BCUT2D eigenvalue weighted by Crippen LogP contribution is 2.18. The van der Waals surface area contributed by atoms with Crippen LogP contribution in [0, 0.1) is 0 Å². The number of hydrogen-bond acceptors (Lipinski definition) is 4. The van der Waals surface area contributed by atoms with Gasteiger partial charge in [0.2, 0.25) is 0 Å². The lowest BCUT2D eigenvalue weighted by Crippen LogP contribution is -2.03. The fourth-order valence-electron chi connectivity index (χ4n) is 3.04. The van der Waals surface area contributed by atoms with Crippen molar-refractivity contribution in [2.45, 2.75) is 39.2 Å². The predicted octanol–water partition coefficient (Wildman–Crippen LogP) is 3.97. The summed E-state index contributed by atoms with van der Waals surface area (Å²) in [5.41, 5.74) is 3.06. The molecule has 1 N–H and O–H groups in total. The quantitative estimate of drug-likeness (QED) is 0.573. The minimum absolute atomic E-state index is 0.326. The molecule has 6 heteroatoms. The van der Waals surface area contributed by atoms with E-state index in [9.17, 15) is 0 Å². The summed E-state index contributed by atoms with van der Waals surface area (Å²) < 4.78 is 2.15. The number of rotatable bonds is 6. The molecule has 4 aromatic rings. The van der Waals surface area contributed by atoms with Gasteiger partial charge in [0.1, 0.15) is 17.5 Å². The van der Waals surface area contributed by atoms with Crippen LogP contribution < -0.4 is 0 Å². The van der Waals surface area contributed by atoms with Gasteiger partial charge in [-0.05, 0) is 18.6 Å². The molecule has 0 amide bonds. The van der Waals surface area contributed by atoms with Gasteiger partial charge >= 0.3 is 0 Å². The molecule has 26 heavy (non-hydrogen) atoms. The fourth-order valence-corrected chi connectivity index (χ4v) is 3.04. The van der Waals surface area contributed by atoms with Gasteiger partial charge in [-0.1, -0.05) is 26.0 Å². The van der Waals surface area contributed by atoms with Gasteiger partial charge in [-0.15, -0.1) is 0 Å². The van der Waals surface area contributed by atoms with Crippen molar-refractivity contribution in [1.29, 1.82) is 0 Å². The number of nitrogens with one attached hydrogen (secondary N) is 1. The zero-order valence-electron chi connectivity index (χ0n) is 15.1. The molecule has 3 heterocycles. The van der Waals surface area contributed by atoms with E-state index < -0.39 is 0 Å². The molecule has 0 atom stereocenters. The van der Waals surface area contributed by atoms with Crippen LogP contribution in [0.25, 0.3) is 22.4 Å². The number of hydrogen-bond donors (Lipinski definition) is 1. The summed E-state index contributed by atoms with van der Waals surface area (Å²) in [7, 11) is 0. The standard InChI is InChI=1S/C20H22N6/c1-14(2)19-22-12-15(13-23-19)20-21-9-11-26(20)10-5-8-18-24-16-6-3-4-7-17(16)25-18/h3-4,6-7,9,11-14H,5,8,10H2,1-2H3,(H,24,25). The van der Waals surface area contributed by atoms with Crippen molar-refractivity contribution in [1.82, 2.24) is 29.5 Å². The Morgan fingerprint density at radius 2 is 1.88 bits per heavy atom. The maximum atomic E-state index is 4.64. The number of benzene rings is 1. The molecule has 0 aliphatic heterocycles. The molecule has 0 radical (unpaired) electrons. The summed E-state index contributed by atoms with van der Waals surface area (Å²) in [6.07, 6.45) is 9.43. The van der Waals surface area contributed by atoms with Crippen LogP contribution in [0.15, 0.2) is 49.1 Å². The van der Waals surface area contributed by atoms with Crippen molar-refractivity contribution >= 4 is 11.0 Å². The van der Waals surface area contributed by atoms with Crippen molar-refractivity contribution < 1.29 is 0 Å². The van der Waals surface area contributed by atoms with Gasteiger partial charge < -0.3 is 9.55 Å². The van der Waals surface area contributed by atoms with E-state index >= 15 is 0 Å². The minimum Gasteiger partial charge on any atom is -0.342 e. The van der Waals surface area contributed by atoms with Crippen molar-refractivity contribution in [3.8, 4) is 11.4 Å². The highest BCUT2D eigenvalue weighted by Gasteiger charge is 2.09. The van der Waals surface area contributed by atoms with Crippen LogP contribution in [0.5, 0.6) is 0 Å². The normalized spacial score (nSPS) is 11.5. The van der Waals surface area contributed by atoms with Crippen molar-refractivity contribution in [2.75, 3.05) is 0 Å². The van der Waals surface area contributed by atoms with E-state index in [1.54, 1.807) is 0 Å². The summed E-state index contributed by atoms with van der Waals surface area (Å²) in [6, 6.07) is 8.12. The molecule has 132 valence electrons. The van der Waals surface area contributed by atoms with Crippen LogP contribution in [0.4, 0.5) is 0 Å². The van der Waals surface area contributed by atoms with E-state index in [2.05, 4.69) is 49.4 Å². The molecular weight excluding hydrogens is 324 g/mol. The second-order valence-corrected chi connectivity index (χ2v) is 6.73. The van der Waals surface area contributed by atoms with Gasteiger partial charge in [0, 0.05) is 43.7 Å². The zero-order chi connectivity index (χ0) is 17.9. The van der Waals surface area contributed by atoms with Crippen molar-refractivity contribution in [3.63, 3.8) is 0 Å². The highest BCUT2D eigenvalue weighted by atomic mass is 15.1. The molecule has 0 unspecified atom stereocenters. The number of aromatic nitrogens is 6. The number of para-hydroxylation sites is 2. The van der Waals surface area contributed by atoms with E-state index in [0.29, 0.717) is 5.92 Å². The molecule has 0 spiro atoms. The van der Waals surface area contributed by atoms with Gasteiger partial charge in [-0.25, -0.2) is 19.9 Å². The maximum absolute atomic E-state index is 4.64. The predicted molar refractivity (Wildman–Crippen MR) is 102 cm³/mol. The number of imidazole rings is 2. The van der Waals surface area contributed by atoms with E-state index in [0.717, 1.165) is 53.5 Å². The number of H-pyrrole nitrogens is 1. The fraction of sp³-hybridized carbons (Fsp3) is 0.300. The van der Waals surface area contributed by atoms with Gasteiger partial charge in [0.25, 0.3) is 0 Å². The molecule has 0 bridgehead atoms. The summed E-state index contributed by atoms with van der Waals surface area (Å²) >= 11 is 0. The van der Waals surface area contributed by atoms with Gasteiger partial charge in [0.15, 0.2) is 0 Å². The van der Waals surface area contributed by atoms with Gasteiger partial charge in [-0.3, -0.25) is 0 Å². The summed E-state index contributed by atoms with van der Waals surface area (Å²) in [5.74, 6) is 3.12. The molecule has 0 saturated heterocycles. The van der Waals surface area contributed by atoms with Crippen LogP contribution in [0.1, 0.15) is 37.8 Å². The number of aryl methyl sites for hydroxylation is 2. The third-order valence-corrected chi connectivity index (χ3v) is 4.41. The Morgan fingerprint density at radius 1 is 1.08 bits per heavy atom. The SMILES string of the molecule is CC(C)c1ncc(-c2nccn2CCCc2nc3ccccc3[nH]2)cn1. The minimum atomic E-state index is 0.326. The first kappa shape index (κ1) is 16.4. The Labute approximate surface area is 152 Å².